The Balaban J connectivity index is 1.87. The predicted molar refractivity (Wildman–Crippen MR) is 99.2 cm³/mol. The first-order valence-corrected chi connectivity index (χ1v) is 8.04. The Bertz CT molecular complexity index is 868. The molecule has 2 aromatic carbocycles. The van der Waals surface area contributed by atoms with Gasteiger partial charge in [-0.15, -0.1) is 0 Å². The van der Waals surface area contributed by atoms with Gasteiger partial charge in [0.15, 0.2) is 6.61 Å². The molecule has 0 radical (unpaired) electrons. The fourth-order valence-corrected chi connectivity index (χ4v) is 2.36. The van der Waals surface area contributed by atoms with Gasteiger partial charge in [0.2, 0.25) is 0 Å². The number of ether oxygens (including phenoxy) is 1. The summed E-state index contributed by atoms with van der Waals surface area (Å²) in [5, 5.41) is 4.94. The second-order valence-electron chi connectivity index (χ2n) is 5.63. The van der Waals surface area contributed by atoms with Crippen molar-refractivity contribution in [2.45, 2.75) is 13.8 Å². The molecule has 0 aromatic heterocycles. The largest absolute Gasteiger partial charge is 0.452 e. The molecular formula is C18H18ClN3O4. The smallest absolute Gasteiger partial charge is 0.340 e. The third-order valence-corrected chi connectivity index (χ3v) is 3.69. The van der Waals surface area contributed by atoms with E-state index in [0.717, 1.165) is 11.1 Å². The maximum atomic E-state index is 11.9. The van der Waals surface area contributed by atoms with Crippen LogP contribution in [0.4, 0.5) is 16.2 Å². The van der Waals surface area contributed by atoms with Gasteiger partial charge in [-0.2, -0.15) is 0 Å². The van der Waals surface area contributed by atoms with Crippen LogP contribution in [0.1, 0.15) is 21.5 Å². The zero-order valence-corrected chi connectivity index (χ0v) is 15.0. The molecule has 7 nitrogen and oxygen atoms in total. The number of hydrogen-bond donors (Lipinski definition) is 3. The standard InChI is InChI=1S/C18H18ClN3O4/c1-10-3-6-15(11(2)7-10)21-18(25)22-16(23)9-26-17(24)13-8-12(19)4-5-14(13)20/h3-8H,9,20H2,1-2H3,(H2,21,22,23,25). The average molecular weight is 376 g/mol. The summed E-state index contributed by atoms with van der Waals surface area (Å²) in [6.07, 6.45) is 0. The van der Waals surface area contributed by atoms with E-state index in [2.05, 4.69) is 10.6 Å². The molecule has 0 unspecified atom stereocenters. The normalized spacial score (nSPS) is 10.1. The number of rotatable bonds is 4. The molecule has 0 spiro atoms. The Hall–Kier alpha value is -3.06. The highest BCUT2D eigenvalue weighted by molar-refractivity contribution is 6.31. The SMILES string of the molecule is Cc1ccc(NC(=O)NC(=O)COC(=O)c2cc(Cl)ccc2N)c(C)c1. The third-order valence-electron chi connectivity index (χ3n) is 3.45. The van der Waals surface area contributed by atoms with Crippen LogP contribution in [0.2, 0.25) is 5.02 Å². The Morgan fingerprint density at radius 1 is 1.12 bits per heavy atom. The van der Waals surface area contributed by atoms with Crippen molar-refractivity contribution in [2.75, 3.05) is 17.7 Å². The number of carbonyl (C=O) groups excluding carboxylic acids is 3. The van der Waals surface area contributed by atoms with E-state index in [4.69, 9.17) is 22.1 Å². The van der Waals surface area contributed by atoms with Gasteiger partial charge in [-0.1, -0.05) is 29.3 Å². The summed E-state index contributed by atoms with van der Waals surface area (Å²) in [6, 6.07) is 9.06. The van der Waals surface area contributed by atoms with Crippen LogP contribution in [0.3, 0.4) is 0 Å². The summed E-state index contributed by atoms with van der Waals surface area (Å²) in [5.74, 6) is -1.59. The molecule has 3 amide bonds. The van der Waals surface area contributed by atoms with E-state index in [1.807, 2.05) is 26.0 Å². The number of benzene rings is 2. The highest BCUT2D eigenvalue weighted by Gasteiger charge is 2.15. The number of hydrogen-bond acceptors (Lipinski definition) is 5. The van der Waals surface area contributed by atoms with Crippen molar-refractivity contribution < 1.29 is 19.1 Å². The van der Waals surface area contributed by atoms with Crippen LogP contribution in [0, 0.1) is 13.8 Å². The van der Waals surface area contributed by atoms with Crippen LogP contribution >= 0.6 is 11.6 Å². The lowest BCUT2D eigenvalue weighted by atomic mass is 10.1. The molecule has 0 bridgehead atoms. The number of urea groups is 1. The molecule has 8 heteroatoms. The maximum absolute atomic E-state index is 11.9. The first-order valence-electron chi connectivity index (χ1n) is 7.66. The molecule has 4 N–H and O–H groups in total. The highest BCUT2D eigenvalue weighted by Crippen LogP contribution is 2.19. The fraction of sp³-hybridized carbons (Fsp3) is 0.167. The molecule has 0 fully saturated rings. The number of nitrogens with two attached hydrogens (primary N) is 1. The zero-order valence-electron chi connectivity index (χ0n) is 14.3. The number of anilines is 2. The quantitative estimate of drug-likeness (QED) is 0.562. The monoisotopic (exact) mass is 375 g/mol. The van der Waals surface area contributed by atoms with E-state index in [1.165, 1.54) is 18.2 Å². The van der Waals surface area contributed by atoms with Crippen molar-refractivity contribution in [1.82, 2.24) is 5.32 Å². The third kappa shape index (κ3) is 5.22. The van der Waals surface area contributed by atoms with E-state index >= 15 is 0 Å². The summed E-state index contributed by atoms with van der Waals surface area (Å²) in [4.78, 5) is 35.6. The first kappa shape index (κ1) is 19.3. The minimum atomic E-state index is -0.810. The summed E-state index contributed by atoms with van der Waals surface area (Å²) >= 11 is 5.80. The molecule has 2 aromatic rings. The molecule has 2 rings (SSSR count). The number of amides is 3. The molecule has 0 aliphatic carbocycles. The molecular weight excluding hydrogens is 358 g/mol. The van der Waals surface area contributed by atoms with Crippen molar-refractivity contribution in [1.29, 1.82) is 0 Å². The van der Waals surface area contributed by atoms with Crippen LogP contribution < -0.4 is 16.4 Å². The van der Waals surface area contributed by atoms with E-state index < -0.39 is 24.5 Å². The van der Waals surface area contributed by atoms with Crippen LogP contribution in [0.5, 0.6) is 0 Å². The number of imide groups is 1. The van der Waals surface area contributed by atoms with Crippen LogP contribution in [-0.4, -0.2) is 24.5 Å². The van der Waals surface area contributed by atoms with Gasteiger partial charge < -0.3 is 15.8 Å². The van der Waals surface area contributed by atoms with Gasteiger partial charge in [-0.3, -0.25) is 10.1 Å². The number of nitrogens with one attached hydrogen (secondary N) is 2. The molecule has 0 aliphatic rings. The Kier molecular flexibility index (Phi) is 6.19. The van der Waals surface area contributed by atoms with Gasteiger partial charge in [-0.05, 0) is 43.7 Å². The van der Waals surface area contributed by atoms with Gasteiger partial charge in [0.25, 0.3) is 5.91 Å². The Morgan fingerprint density at radius 2 is 1.85 bits per heavy atom. The summed E-state index contributed by atoms with van der Waals surface area (Å²) in [6.45, 7) is 3.13. The zero-order chi connectivity index (χ0) is 19.3. The van der Waals surface area contributed by atoms with Crippen LogP contribution in [0.15, 0.2) is 36.4 Å². The maximum Gasteiger partial charge on any atom is 0.340 e. The molecule has 0 atom stereocenters. The van der Waals surface area contributed by atoms with Crippen molar-refractivity contribution >= 4 is 40.9 Å². The number of halogens is 1. The predicted octanol–water partition coefficient (Wildman–Crippen LogP) is 3.04. The van der Waals surface area contributed by atoms with E-state index in [0.29, 0.717) is 10.7 Å². The van der Waals surface area contributed by atoms with E-state index in [9.17, 15) is 14.4 Å². The Morgan fingerprint density at radius 3 is 2.54 bits per heavy atom. The number of nitrogen functional groups attached to an aromatic ring is 1. The average Bonchev–Trinajstić information content (AvgIpc) is 2.57. The van der Waals surface area contributed by atoms with Gasteiger partial charge in [-0.25, -0.2) is 9.59 Å². The minimum Gasteiger partial charge on any atom is -0.452 e. The van der Waals surface area contributed by atoms with Gasteiger partial charge in [0, 0.05) is 16.4 Å². The van der Waals surface area contributed by atoms with Crippen molar-refractivity contribution in [2.24, 2.45) is 0 Å². The molecule has 0 heterocycles. The highest BCUT2D eigenvalue weighted by atomic mass is 35.5. The molecule has 136 valence electrons. The lowest BCUT2D eigenvalue weighted by Gasteiger charge is -2.10. The number of aryl methyl sites for hydroxylation is 2. The molecule has 0 saturated heterocycles. The second kappa shape index (κ2) is 8.35. The lowest BCUT2D eigenvalue weighted by Crippen LogP contribution is -2.37. The first-order chi connectivity index (χ1) is 12.3. The van der Waals surface area contributed by atoms with Crippen molar-refractivity contribution in [3.05, 3.63) is 58.1 Å². The van der Waals surface area contributed by atoms with E-state index in [-0.39, 0.29) is 11.3 Å². The van der Waals surface area contributed by atoms with Crippen molar-refractivity contribution in [3.63, 3.8) is 0 Å². The molecule has 0 saturated carbocycles. The van der Waals surface area contributed by atoms with E-state index in [1.54, 1.807) is 6.07 Å². The summed E-state index contributed by atoms with van der Waals surface area (Å²) in [7, 11) is 0. The molecule has 0 aliphatic heterocycles. The minimum absolute atomic E-state index is 0.0463. The number of carbonyl (C=O) groups is 3. The topological polar surface area (TPSA) is 111 Å². The summed E-state index contributed by atoms with van der Waals surface area (Å²) in [5.41, 5.74) is 8.37. The van der Waals surface area contributed by atoms with Crippen LogP contribution in [-0.2, 0) is 9.53 Å². The Labute approximate surface area is 155 Å². The second-order valence-corrected chi connectivity index (χ2v) is 6.06. The lowest BCUT2D eigenvalue weighted by molar-refractivity contribution is -0.123. The molecule has 26 heavy (non-hydrogen) atoms. The summed E-state index contributed by atoms with van der Waals surface area (Å²) < 4.78 is 4.85. The van der Waals surface area contributed by atoms with Crippen molar-refractivity contribution in [3.8, 4) is 0 Å². The van der Waals surface area contributed by atoms with Gasteiger partial charge in [0.05, 0.1) is 5.56 Å². The van der Waals surface area contributed by atoms with Crippen LogP contribution in [0.25, 0.3) is 0 Å². The van der Waals surface area contributed by atoms with Gasteiger partial charge >= 0.3 is 12.0 Å². The fourth-order valence-electron chi connectivity index (χ4n) is 2.18. The number of esters is 1. The van der Waals surface area contributed by atoms with Gasteiger partial charge in [0.1, 0.15) is 0 Å².